The number of morpholine rings is 1. The zero-order chi connectivity index (χ0) is 15.4. The Morgan fingerprint density at radius 1 is 1.23 bits per heavy atom. The van der Waals surface area contributed by atoms with Gasteiger partial charge >= 0.3 is 6.03 Å². The molecule has 3 aliphatic rings. The molecule has 6 nitrogen and oxygen atoms in total. The summed E-state index contributed by atoms with van der Waals surface area (Å²) in [5.74, 6) is 0.264. The third kappa shape index (κ3) is 3.73. The quantitative estimate of drug-likeness (QED) is 0.803. The number of rotatable bonds is 3. The summed E-state index contributed by atoms with van der Waals surface area (Å²) in [4.78, 5) is 16.5. The Morgan fingerprint density at radius 2 is 2.05 bits per heavy atom. The number of ether oxygens (including phenoxy) is 1. The van der Waals surface area contributed by atoms with E-state index in [1.54, 1.807) is 0 Å². The first-order valence-electron chi connectivity index (χ1n) is 8.73. The third-order valence-corrected chi connectivity index (χ3v) is 5.52. The van der Waals surface area contributed by atoms with Gasteiger partial charge in [-0.1, -0.05) is 12.8 Å². The van der Waals surface area contributed by atoms with Crippen LogP contribution in [0.1, 0.15) is 32.1 Å². The molecular weight excluding hydrogens is 282 g/mol. The van der Waals surface area contributed by atoms with Gasteiger partial charge in [-0.05, 0) is 19.3 Å². The first kappa shape index (κ1) is 16.0. The first-order valence-corrected chi connectivity index (χ1v) is 8.73. The molecule has 2 amide bonds. The van der Waals surface area contributed by atoms with Crippen molar-refractivity contribution < 1.29 is 14.6 Å². The molecule has 0 aromatic heterocycles. The van der Waals surface area contributed by atoms with Gasteiger partial charge in [0.15, 0.2) is 0 Å². The second-order valence-electron chi connectivity index (χ2n) is 6.93. The van der Waals surface area contributed by atoms with Crippen LogP contribution in [0.5, 0.6) is 0 Å². The Hall–Kier alpha value is -0.850. The van der Waals surface area contributed by atoms with E-state index >= 15 is 0 Å². The molecule has 126 valence electrons. The zero-order valence-electron chi connectivity index (χ0n) is 13.4. The van der Waals surface area contributed by atoms with Crippen molar-refractivity contribution in [2.45, 2.75) is 37.7 Å². The third-order valence-electron chi connectivity index (χ3n) is 5.52. The predicted molar refractivity (Wildman–Crippen MR) is 83.8 cm³/mol. The number of piperidine rings is 1. The number of carbonyl (C=O) groups excluding carboxylic acids is 1. The molecule has 22 heavy (non-hydrogen) atoms. The number of aliphatic hydroxyl groups is 1. The van der Waals surface area contributed by atoms with Crippen molar-refractivity contribution >= 4 is 6.03 Å². The molecule has 1 saturated carbocycles. The molecule has 3 fully saturated rings. The van der Waals surface area contributed by atoms with E-state index in [9.17, 15) is 9.90 Å². The monoisotopic (exact) mass is 311 g/mol. The van der Waals surface area contributed by atoms with Gasteiger partial charge in [0.1, 0.15) is 0 Å². The molecule has 2 aliphatic heterocycles. The Bertz CT molecular complexity index is 387. The van der Waals surface area contributed by atoms with Crippen molar-refractivity contribution in [2.24, 2.45) is 5.92 Å². The lowest BCUT2D eigenvalue weighted by Crippen LogP contribution is -2.56. The molecule has 0 aromatic rings. The molecule has 0 aromatic carbocycles. The number of hydrogen-bond donors (Lipinski definition) is 2. The van der Waals surface area contributed by atoms with Crippen molar-refractivity contribution in [1.82, 2.24) is 15.1 Å². The number of hydrogen-bond acceptors (Lipinski definition) is 4. The van der Waals surface area contributed by atoms with E-state index in [4.69, 9.17) is 4.74 Å². The van der Waals surface area contributed by atoms with Gasteiger partial charge in [0.05, 0.1) is 18.8 Å². The predicted octanol–water partition coefficient (Wildman–Crippen LogP) is 0.655. The smallest absolute Gasteiger partial charge is 0.317 e. The summed E-state index contributed by atoms with van der Waals surface area (Å²) in [7, 11) is 0. The second kappa shape index (κ2) is 7.15. The molecule has 0 radical (unpaired) electrons. The van der Waals surface area contributed by atoms with E-state index < -0.39 is 5.60 Å². The van der Waals surface area contributed by atoms with Crippen LogP contribution >= 0.6 is 0 Å². The van der Waals surface area contributed by atoms with Gasteiger partial charge in [-0.15, -0.1) is 0 Å². The number of fused-ring (bicyclic) bond motifs is 1. The van der Waals surface area contributed by atoms with Gasteiger partial charge in [-0.3, -0.25) is 4.90 Å². The molecular formula is C16H29N3O3. The van der Waals surface area contributed by atoms with Gasteiger partial charge in [0, 0.05) is 45.2 Å². The van der Waals surface area contributed by atoms with Crippen LogP contribution in [0.4, 0.5) is 4.79 Å². The molecule has 0 spiro atoms. The Labute approximate surface area is 132 Å². The van der Waals surface area contributed by atoms with Crippen LogP contribution in [0.3, 0.4) is 0 Å². The van der Waals surface area contributed by atoms with Crippen LogP contribution in [0, 0.1) is 5.92 Å². The second-order valence-corrected chi connectivity index (χ2v) is 6.93. The van der Waals surface area contributed by atoms with Crippen LogP contribution < -0.4 is 5.32 Å². The first-order chi connectivity index (χ1) is 10.7. The largest absolute Gasteiger partial charge is 0.389 e. The van der Waals surface area contributed by atoms with E-state index in [2.05, 4.69) is 10.2 Å². The highest BCUT2D eigenvalue weighted by Crippen LogP contribution is 2.39. The molecule has 0 bridgehead atoms. The van der Waals surface area contributed by atoms with Crippen LogP contribution in [0.25, 0.3) is 0 Å². The Balaban J connectivity index is 1.41. The summed E-state index contributed by atoms with van der Waals surface area (Å²) >= 11 is 0. The lowest BCUT2D eigenvalue weighted by Gasteiger charge is -2.47. The van der Waals surface area contributed by atoms with Crippen LogP contribution in [0.15, 0.2) is 0 Å². The highest BCUT2D eigenvalue weighted by molar-refractivity contribution is 5.74. The van der Waals surface area contributed by atoms with E-state index in [1.165, 1.54) is 6.42 Å². The summed E-state index contributed by atoms with van der Waals surface area (Å²) < 4.78 is 5.32. The van der Waals surface area contributed by atoms with Gasteiger partial charge in [0.25, 0.3) is 0 Å². The number of likely N-dealkylation sites (tertiary alicyclic amines) is 1. The molecule has 2 atom stereocenters. The molecule has 2 heterocycles. The fraction of sp³-hybridized carbons (Fsp3) is 0.938. The van der Waals surface area contributed by atoms with Crippen LogP contribution in [0.2, 0.25) is 0 Å². The SMILES string of the molecule is O=C(NCCN1CCOCC1)N1CCC2(O)CCCCC2C1. The number of amides is 2. The Kier molecular flexibility index (Phi) is 5.21. The van der Waals surface area contributed by atoms with Crippen molar-refractivity contribution in [3.63, 3.8) is 0 Å². The molecule has 2 N–H and O–H groups in total. The fourth-order valence-corrected chi connectivity index (χ4v) is 4.01. The topological polar surface area (TPSA) is 65.0 Å². The number of nitrogens with one attached hydrogen (secondary N) is 1. The van der Waals surface area contributed by atoms with Crippen molar-refractivity contribution in [1.29, 1.82) is 0 Å². The molecule has 2 unspecified atom stereocenters. The van der Waals surface area contributed by atoms with Gasteiger partial charge in [-0.25, -0.2) is 4.79 Å². The average Bonchev–Trinajstić information content (AvgIpc) is 2.55. The summed E-state index contributed by atoms with van der Waals surface area (Å²) in [6.45, 7) is 6.45. The Morgan fingerprint density at radius 3 is 2.86 bits per heavy atom. The fourth-order valence-electron chi connectivity index (χ4n) is 4.01. The standard InChI is InChI=1S/C16H29N3O3/c20-15(17-6-8-18-9-11-22-12-10-18)19-7-5-16(21)4-2-1-3-14(16)13-19/h14,21H,1-13H2,(H,17,20). The highest BCUT2D eigenvalue weighted by Gasteiger charge is 2.43. The minimum atomic E-state index is -0.511. The summed E-state index contributed by atoms with van der Waals surface area (Å²) in [5, 5.41) is 13.7. The van der Waals surface area contributed by atoms with Crippen molar-refractivity contribution in [3.8, 4) is 0 Å². The number of urea groups is 1. The average molecular weight is 311 g/mol. The highest BCUT2D eigenvalue weighted by atomic mass is 16.5. The lowest BCUT2D eigenvalue weighted by atomic mass is 9.71. The maximum absolute atomic E-state index is 12.3. The summed E-state index contributed by atoms with van der Waals surface area (Å²) in [6.07, 6.45) is 4.99. The zero-order valence-corrected chi connectivity index (χ0v) is 13.4. The number of nitrogens with zero attached hydrogens (tertiary/aromatic N) is 2. The molecule has 2 saturated heterocycles. The molecule has 1 aliphatic carbocycles. The minimum absolute atomic E-state index is 0.0286. The normalized spacial score (nSPS) is 33.3. The van der Waals surface area contributed by atoms with Gasteiger partial charge in [0.2, 0.25) is 0 Å². The maximum atomic E-state index is 12.3. The van der Waals surface area contributed by atoms with Crippen molar-refractivity contribution in [3.05, 3.63) is 0 Å². The van der Waals surface area contributed by atoms with E-state index in [-0.39, 0.29) is 11.9 Å². The van der Waals surface area contributed by atoms with E-state index in [0.29, 0.717) is 19.6 Å². The molecule has 3 rings (SSSR count). The minimum Gasteiger partial charge on any atom is -0.389 e. The number of carbonyl (C=O) groups is 1. The maximum Gasteiger partial charge on any atom is 0.317 e. The lowest BCUT2D eigenvalue weighted by molar-refractivity contribution is -0.0870. The summed E-state index contributed by atoms with van der Waals surface area (Å²) in [6, 6.07) is 0.0286. The molecule has 6 heteroatoms. The van der Waals surface area contributed by atoms with Crippen LogP contribution in [-0.2, 0) is 4.74 Å². The van der Waals surface area contributed by atoms with E-state index in [0.717, 1.165) is 58.5 Å². The van der Waals surface area contributed by atoms with Crippen molar-refractivity contribution in [2.75, 3.05) is 52.5 Å². The summed E-state index contributed by atoms with van der Waals surface area (Å²) in [5.41, 5.74) is -0.511. The van der Waals surface area contributed by atoms with Gasteiger partial charge < -0.3 is 20.1 Å². The van der Waals surface area contributed by atoms with Crippen LogP contribution in [-0.4, -0.2) is 79.0 Å². The van der Waals surface area contributed by atoms with E-state index in [1.807, 2.05) is 4.90 Å². The van der Waals surface area contributed by atoms with Gasteiger partial charge in [-0.2, -0.15) is 0 Å².